The Morgan fingerprint density at radius 1 is 1.24 bits per heavy atom. The van der Waals surface area contributed by atoms with Gasteiger partial charge in [-0.25, -0.2) is 0 Å². The van der Waals surface area contributed by atoms with Gasteiger partial charge in [-0.3, -0.25) is 9.59 Å². The van der Waals surface area contributed by atoms with E-state index in [1.165, 1.54) is 6.26 Å². The molecule has 114 valence electrons. The summed E-state index contributed by atoms with van der Waals surface area (Å²) in [5.41, 5.74) is 0.409. The average Bonchev–Trinajstić information content (AvgIpc) is 2.93. The molecule has 4 nitrogen and oxygen atoms in total. The number of piperidine rings is 1. The monoisotopic (exact) mass is 309 g/mol. The number of likely N-dealkylation sites (tertiary alicyclic amines) is 1. The molecule has 0 aromatic carbocycles. The number of nitrogens with zero attached hydrogens (tertiary/aromatic N) is 1. The topological polar surface area (TPSA) is 50.5 Å². The minimum Gasteiger partial charge on any atom is -0.452 e. The molecule has 1 saturated heterocycles. The van der Waals surface area contributed by atoms with Crippen molar-refractivity contribution >= 4 is 23.3 Å². The Balaban J connectivity index is 1.82. The van der Waals surface area contributed by atoms with Gasteiger partial charge in [0.05, 0.1) is 11.8 Å². The molecule has 1 aromatic rings. The predicted octanol–water partition coefficient (Wildman–Crippen LogP) is 3.69. The summed E-state index contributed by atoms with van der Waals surface area (Å²) in [5.74, 6) is 0.231. The Kier molecular flexibility index (Phi) is 4.34. The van der Waals surface area contributed by atoms with Crippen LogP contribution in [0.3, 0.4) is 0 Å². The lowest BCUT2D eigenvalue weighted by atomic mass is 9.79. The standard InChI is InChI=1S/C16H20ClNO3/c17-15-12(8-10-21-15)16(20)18-9-4-3-6-13(18)11-5-1-2-7-14(11)19/h8,10-11,13H,1-7,9H2. The first-order chi connectivity index (χ1) is 10.2. The maximum atomic E-state index is 12.7. The van der Waals surface area contributed by atoms with Crippen LogP contribution >= 0.6 is 11.6 Å². The van der Waals surface area contributed by atoms with Crippen molar-refractivity contribution in [2.45, 2.75) is 51.0 Å². The lowest BCUT2D eigenvalue weighted by Gasteiger charge is -2.41. The van der Waals surface area contributed by atoms with Crippen LogP contribution in [0.2, 0.25) is 5.22 Å². The van der Waals surface area contributed by atoms with Gasteiger partial charge < -0.3 is 9.32 Å². The number of hydrogen-bond donors (Lipinski definition) is 0. The first-order valence-corrected chi connectivity index (χ1v) is 8.13. The van der Waals surface area contributed by atoms with Crippen molar-refractivity contribution in [3.05, 3.63) is 23.1 Å². The summed E-state index contributed by atoms with van der Waals surface area (Å²) in [7, 11) is 0. The molecule has 0 spiro atoms. The molecule has 0 bridgehead atoms. The van der Waals surface area contributed by atoms with E-state index in [1.54, 1.807) is 6.07 Å². The number of carbonyl (C=O) groups is 2. The van der Waals surface area contributed by atoms with Gasteiger partial charge in [-0.05, 0) is 49.8 Å². The lowest BCUT2D eigenvalue weighted by molar-refractivity contribution is -0.127. The maximum absolute atomic E-state index is 12.7. The number of ketones is 1. The van der Waals surface area contributed by atoms with Crippen LogP contribution in [-0.2, 0) is 4.79 Å². The van der Waals surface area contributed by atoms with E-state index < -0.39 is 0 Å². The number of Topliss-reactive ketones (excluding diaryl/α,β-unsaturated/α-hetero) is 1. The molecule has 21 heavy (non-hydrogen) atoms. The molecule has 0 radical (unpaired) electrons. The van der Waals surface area contributed by atoms with Crippen LogP contribution < -0.4 is 0 Å². The average molecular weight is 310 g/mol. The summed E-state index contributed by atoms with van der Waals surface area (Å²) in [6, 6.07) is 1.64. The zero-order valence-corrected chi connectivity index (χ0v) is 12.8. The third-order valence-corrected chi connectivity index (χ3v) is 5.02. The van der Waals surface area contributed by atoms with Gasteiger partial charge in [0.25, 0.3) is 5.91 Å². The molecule has 2 fully saturated rings. The third-order valence-electron chi connectivity index (χ3n) is 4.72. The van der Waals surface area contributed by atoms with Crippen LogP contribution in [0, 0.1) is 5.92 Å². The van der Waals surface area contributed by atoms with E-state index in [0.29, 0.717) is 24.3 Å². The normalized spacial score (nSPS) is 26.9. The van der Waals surface area contributed by atoms with Crippen LogP contribution in [0.15, 0.2) is 16.7 Å². The molecule has 2 heterocycles. The van der Waals surface area contributed by atoms with Crippen LogP contribution in [0.4, 0.5) is 0 Å². The maximum Gasteiger partial charge on any atom is 0.259 e. The minimum absolute atomic E-state index is 0.00803. The van der Waals surface area contributed by atoms with Gasteiger partial charge in [-0.15, -0.1) is 0 Å². The van der Waals surface area contributed by atoms with Crippen LogP contribution in [0.25, 0.3) is 0 Å². The second-order valence-electron chi connectivity index (χ2n) is 5.99. The summed E-state index contributed by atoms with van der Waals surface area (Å²) in [4.78, 5) is 26.8. The van der Waals surface area contributed by atoms with Crippen molar-refractivity contribution in [3.8, 4) is 0 Å². The molecule has 1 amide bonds. The van der Waals surface area contributed by atoms with E-state index in [9.17, 15) is 9.59 Å². The molecular weight excluding hydrogens is 290 g/mol. The number of rotatable bonds is 2. The molecule has 5 heteroatoms. The Morgan fingerprint density at radius 2 is 2.05 bits per heavy atom. The molecule has 1 aliphatic carbocycles. The quantitative estimate of drug-likeness (QED) is 0.837. The van der Waals surface area contributed by atoms with Crippen molar-refractivity contribution in [1.82, 2.24) is 4.90 Å². The first kappa shape index (κ1) is 14.6. The van der Waals surface area contributed by atoms with Crippen LogP contribution in [0.1, 0.15) is 55.3 Å². The van der Waals surface area contributed by atoms with E-state index >= 15 is 0 Å². The fraction of sp³-hybridized carbons (Fsp3) is 0.625. The number of carbonyl (C=O) groups excluding carboxylic acids is 2. The largest absolute Gasteiger partial charge is 0.452 e. The van der Waals surface area contributed by atoms with Gasteiger partial charge in [0, 0.05) is 24.9 Å². The third kappa shape index (κ3) is 2.86. The number of furan rings is 1. The van der Waals surface area contributed by atoms with Gasteiger partial charge in [0.15, 0.2) is 0 Å². The number of amides is 1. The van der Waals surface area contributed by atoms with Gasteiger partial charge in [0.2, 0.25) is 5.22 Å². The molecule has 0 N–H and O–H groups in total. The SMILES string of the molecule is O=C1CCCCC1C1CCCCN1C(=O)c1ccoc1Cl. The van der Waals surface area contributed by atoms with E-state index in [-0.39, 0.29) is 23.1 Å². The fourth-order valence-corrected chi connectivity index (χ4v) is 3.84. The van der Waals surface area contributed by atoms with Gasteiger partial charge in [0.1, 0.15) is 5.78 Å². The summed E-state index contributed by atoms with van der Waals surface area (Å²) >= 11 is 5.93. The highest BCUT2D eigenvalue weighted by atomic mass is 35.5. The van der Waals surface area contributed by atoms with Crippen LogP contribution in [-0.4, -0.2) is 29.2 Å². The summed E-state index contributed by atoms with van der Waals surface area (Å²) < 4.78 is 5.03. The molecule has 1 saturated carbocycles. The molecule has 3 rings (SSSR count). The zero-order chi connectivity index (χ0) is 14.8. The molecular formula is C16H20ClNO3. The molecule has 2 atom stereocenters. The lowest BCUT2D eigenvalue weighted by Crippen LogP contribution is -2.50. The number of hydrogen-bond acceptors (Lipinski definition) is 3. The summed E-state index contributed by atoms with van der Waals surface area (Å²) in [5, 5.41) is 0.138. The van der Waals surface area contributed by atoms with Crippen molar-refractivity contribution in [2.24, 2.45) is 5.92 Å². The fourth-order valence-electron chi connectivity index (χ4n) is 3.65. The highest BCUT2D eigenvalue weighted by molar-refractivity contribution is 6.32. The zero-order valence-electron chi connectivity index (χ0n) is 12.0. The predicted molar refractivity (Wildman–Crippen MR) is 79.4 cm³/mol. The van der Waals surface area contributed by atoms with E-state index in [4.69, 9.17) is 16.0 Å². The van der Waals surface area contributed by atoms with Crippen molar-refractivity contribution in [2.75, 3.05) is 6.54 Å². The Morgan fingerprint density at radius 3 is 2.76 bits per heavy atom. The highest BCUT2D eigenvalue weighted by Crippen LogP contribution is 2.33. The molecule has 2 aliphatic rings. The summed E-state index contributed by atoms with van der Waals surface area (Å²) in [6.07, 6.45) is 8.06. The Hall–Kier alpha value is -1.29. The summed E-state index contributed by atoms with van der Waals surface area (Å²) in [6.45, 7) is 0.703. The van der Waals surface area contributed by atoms with E-state index in [0.717, 1.165) is 38.5 Å². The highest BCUT2D eigenvalue weighted by Gasteiger charge is 2.38. The Bertz CT molecular complexity index is 539. The second kappa shape index (κ2) is 6.22. The smallest absolute Gasteiger partial charge is 0.259 e. The number of halogens is 1. The molecule has 1 aliphatic heterocycles. The minimum atomic E-state index is -0.100. The van der Waals surface area contributed by atoms with Gasteiger partial charge in [-0.2, -0.15) is 0 Å². The van der Waals surface area contributed by atoms with Crippen molar-refractivity contribution in [3.63, 3.8) is 0 Å². The van der Waals surface area contributed by atoms with E-state index in [2.05, 4.69) is 0 Å². The van der Waals surface area contributed by atoms with E-state index in [1.807, 2.05) is 4.90 Å². The second-order valence-corrected chi connectivity index (χ2v) is 6.33. The van der Waals surface area contributed by atoms with Crippen LogP contribution in [0.5, 0.6) is 0 Å². The van der Waals surface area contributed by atoms with Crippen molar-refractivity contribution in [1.29, 1.82) is 0 Å². The first-order valence-electron chi connectivity index (χ1n) is 7.75. The molecule has 2 unspecified atom stereocenters. The molecule has 1 aromatic heterocycles. The Labute approximate surface area is 129 Å². The van der Waals surface area contributed by atoms with Gasteiger partial charge >= 0.3 is 0 Å². The van der Waals surface area contributed by atoms with Crippen molar-refractivity contribution < 1.29 is 14.0 Å². The van der Waals surface area contributed by atoms with Gasteiger partial charge in [-0.1, -0.05) is 6.42 Å².